The number of nitrogens with two attached hydrogens (primary N) is 1. The minimum atomic E-state index is -0.974. The molecule has 1 heterocycles. The smallest absolute Gasteiger partial charge is 0.243 e. The molecule has 0 unspecified atom stereocenters. The fourth-order valence-corrected chi connectivity index (χ4v) is 3.25. The number of halogens is 1. The van der Waals surface area contributed by atoms with Gasteiger partial charge in [0.25, 0.3) is 0 Å². The highest BCUT2D eigenvalue weighted by Crippen LogP contribution is 2.25. The molecule has 9 heteroatoms. The second-order valence-corrected chi connectivity index (χ2v) is 6.62. The summed E-state index contributed by atoms with van der Waals surface area (Å²) in [7, 11) is 1.49. The van der Waals surface area contributed by atoms with Gasteiger partial charge in [0.1, 0.15) is 17.8 Å². The molecule has 1 aliphatic rings. The van der Waals surface area contributed by atoms with Crippen LogP contribution in [0.2, 0.25) is 5.02 Å². The second kappa shape index (κ2) is 8.37. The van der Waals surface area contributed by atoms with E-state index in [1.807, 2.05) is 0 Å². The lowest BCUT2D eigenvalue weighted by molar-refractivity contribution is -0.138. The Hall–Kier alpha value is -2.32. The molecule has 2 rings (SSSR count). The summed E-state index contributed by atoms with van der Waals surface area (Å²) in [6.45, 7) is 1.41. The van der Waals surface area contributed by atoms with Gasteiger partial charge >= 0.3 is 0 Å². The lowest BCUT2D eigenvalue weighted by atomic mass is 10.0. The molecular formula is C17H22ClN3O5. The summed E-state index contributed by atoms with van der Waals surface area (Å²) in [6, 6.07) is 3.20. The first-order chi connectivity index (χ1) is 12.2. The number of benzene rings is 1. The number of aliphatic hydroxyl groups excluding tert-OH is 1. The number of ether oxygens (including phenoxy) is 1. The number of likely N-dealkylation sites (tertiary alicyclic amines) is 1. The SMILES string of the molecule is COc1ccc(C[C@@H](NC(=O)[C@@H]2C[C@@H](O)CN2C(C)=O)C(N)=O)cc1Cl. The zero-order valence-electron chi connectivity index (χ0n) is 14.6. The molecule has 1 saturated heterocycles. The molecule has 26 heavy (non-hydrogen) atoms. The van der Waals surface area contributed by atoms with Gasteiger partial charge in [-0.05, 0) is 17.7 Å². The number of aliphatic hydroxyl groups is 1. The number of carbonyl (C=O) groups is 3. The van der Waals surface area contributed by atoms with Crippen LogP contribution in [-0.2, 0) is 20.8 Å². The van der Waals surface area contributed by atoms with Crippen LogP contribution in [0.3, 0.4) is 0 Å². The minimum absolute atomic E-state index is 0.0861. The summed E-state index contributed by atoms with van der Waals surface area (Å²) in [4.78, 5) is 37.2. The van der Waals surface area contributed by atoms with E-state index in [4.69, 9.17) is 22.1 Å². The van der Waals surface area contributed by atoms with E-state index in [1.165, 1.54) is 18.9 Å². The Balaban J connectivity index is 2.10. The number of hydrogen-bond acceptors (Lipinski definition) is 5. The molecule has 8 nitrogen and oxygen atoms in total. The van der Waals surface area contributed by atoms with Crippen LogP contribution in [0.25, 0.3) is 0 Å². The molecule has 0 bridgehead atoms. The third-order valence-corrected chi connectivity index (χ3v) is 4.60. The van der Waals surface area contributed by atoms with Gasteiger partial charge in [-0.2, -0.15) is 0 Å². The molecule has 1 aliphatic heterocycles. The van der Waals surface area contributed by atoms with Gasteiger partial charge in [0.15, 0.2) is 0 Å². The fraction of sp³-hybridized carbons (Fsp3) is 0.471. The van der Waals surface area contributed by atoms with E-state index in [2.05, 4.69) is 5.32 Å². The van der Waals surface area contributed by atoms with E-state index < -0.39 is 30.0 Å². The van der Waals surface area contributed by atoms with E-state index in [9.17, 15) is 19.5 Å². The van der Waals surface area contributed by atoms with Crippen LogP contribution in [0.4, 0.5) is 0 Å². The average Bonchev–Trinajstić information content (AvgIpc) is 2.96. The monoisotopic (exact) mass is 383 g/mol. The highest BCUT2D eigenvalue weighted by atomic mass is 35.5. The molecule has 1 aromatic carbocycles. The molecular weight excluding hydrogens is 362 g/mol. The minimum Gasteiger partial charge on any atom is -0.495 e. The van der Waals surface area contributed by atoms with E-state index in [1.54, 1.807) is 18.2 Å². The van der Waals surface area contributed by atoms with Crippen LogP contribution in [0.15, 0.2) is 18.2 Å². The van der Waals surface area contributed by atoms with Crippen molar-refractivity contribution in [3.8, 4) is 5.75 Å². The largest absolute Gasteiger partial charge is 0.495 e. The van der Waals surface area contributed by atoms with Crippen molar-refractivity contribution in [3.05, 3.63) is 28.8 Å². The first-order valence-electron chi connectivity index (χ1n) is 8.10. The Kier molecular flexibility index (Phi) is 6.44. The summed E-state index contributed by atoms with van der Waals surface area (Å²) in [5, 5.41) is 12.7. The van der Waals surface area contributed by atoms with E-state index in [-0.39, 0.29) is 25.3 Å². The van der Waals surface area contributed by atoms with E-state index >= 15 is 0 Å². The van der Waals surface area contributed by atoms with Crippen molar-refractivity contribution in [3.63, 3.8) is 0 Å². The van der Waals surface area contributed by atoms with Crippen molar-refractivity contribution in [1.82, 2.24) is 10.2 Å². The number of rotatable bonds is 6. The Labute approximate surface area is 156 Å². The van der Waals surface area contributed by atoms with E-state index in [0.717, 1.165) is 0 Å². The number of carbonyl (C=O) groups excluding carboxylic acids is 3. The van der Waals surface area contributed by atoms with Gasteiger partial charge in [-0.15, -0.1) is 0 Å². The number of primary amides is 1. The summed E-state index contributed by atoms with van der Waals surface area (Å²) in [6.07, 6.45) is -0.521. The van der Waals surface area contributed by atoms with Crippen LogP contribution >= 0.6 is 11.6 Å². The van der Waals surface area contributed by atoms with Crippen LogP contribution in [0, 0.1) is 0 Å². The maximum Gasteiger partial charge on any atom is 0.243 e. The zero-order chi connectivity index (χ0) is 19.4. The maximum atomic E-state index is 12.5. The van der Waals surface area contributed by atoms with Gasteiger partial charge in [0.2, 0.25) is 17.7 Å². The summed E-state index contributed by atoms with van der Waals surface area (Å²) in [5.74, 6) is -1.07. The molecule has 1 aromatic rings. The number of amides is 3. The van der Waals surface area contributed by atoms with Gasteiger partial charge in [0.05, 0.1) is 18.2 Å². The maximum absolute atomic E-state index is 12.5. The topological polar surface area (TPSA) is 122 Å². The van der Waals surface area contributed by atoms with Crippen LogP contribution in [0.1, 0.15) is 18.9 Å². The van der Waals surface area contributed by atoms with Crippen LogP contribution in [0.5, 0.6) is 5.75 Å². The zero-order valence-corrected chi connectivity index (χ0v) is 15.3. The van der Waals surface area contributed by atoms with Gasteiger partial charge in [-0.25, -0.2) is 0 Å². The molecule has 4 N–H and O–H groups in total. The fourth-order valence-electron chi connectivity index (χ4n) is 2.97. The summed E-state index contributed by atoms with van der Waals surface area (Å²) in [5.41, 5.74) is 6.10. The average molecular weight is 384 g/mol. The molecule has 1 fully saturated rings. The Morgan fingerprint density at radius 1 is 1.46 bits per heavy atom. The number of nitrogens with zero attached hydrogens (tertiary/aromatic N) is 1. The van der Waals surface area contributed by atoms with Crippen molar-refractivity contribution in [2.45, 2.75) is 38.0 Å². The van der Waals surface area contributed by atoms with Crippen molar-refractivity contribution >= 4 is 29.3 Å². The Morgan fingerprint density at radius 2 is 2.15 bits per heavy atom. The number of nitrogens with one attached hydrogen (secondary N) is 1. The van der Waals surface area contributed by atoms with Crippen molar-refractivity contribution in [2.75, 3.05) is 13.7 Å². The van der Waals surface area contributed by atoms with E-state index in [0.29, 0.717) is 16.3 Å². The quantitative estimate of drug-likeness (QED) is 0.630. The van der Waals surface area contributed by atoms with Gasteiger partial charge in [-0.3, -0.25) is 14.4 Å². The molecule has 0 aliphatic carbocycles. The van der Waals surface area contributed by atoms with Gasteiger partial charge in [-0.1, -0.05) is 17.7 Å². The third-order valence-electron chi connectivity index (χ3n) is 4.30. The van der Waals surface area contributed by atoms with Gasteiger partial charge < -0.3 is 25.8 Å². The molecule has 3 amide bonds. The highest BCUT2D eigenvalue weighted by molar-refractivity contribution is 6.32. The Morgan fingerprint density at radius 3 is 2.69 bits per heavy atom. The lowest BCUT2D eigenvalue weighted by Crippen LogP contribution is -2.52. The predicted octanol–water partition coefficient (Wildman–Crippen LogP) is -0.157. The molecule has 3 atom stereocenters. The number of hydrogen-bond donors (Lipinski definition) is 3. The summed E-state index contributed by atoms with van der Waals surface area (Å²) >= 11 is 6.07. The number of β-amino-alcohol motifs (C(OH)–C–C–N with tert-alkyl or cyclic N) is 1. The molecule has 0 saturated carbocycles. The van der Waals surface area contributed by atoms with Crippen molar-refractivity contribution in [1.29, 1.82) is 0 Å². The number of methoxy groups -OCH3 is 1. The summed E-state index contributed by atoms with van der Waals surface area (Å²) < 4.78 is 5.07. The predicted molar refractivity (Wildman–Crippen MR) is 94.6 cm³/mol. The second-order valence-electron chi connectivity index (χ2n) is 6.21. The standard InChI is InChI=1S/C17H22ClN3O5/c1-9(22)21-8-11(23)7-14(21)17(25)20-13(16(19)24)6-10-3-4-15(26-2)12(18)5-10/h3-5,11,13-14,23H,6-8H2,1-2H3,(H2,19,24)(H,20,25)/t11-,13-,14+/m1/s1. The molecule has 142 valence electrons. The van der Waals surface area contributed by atoms with Crippen LogP contribution < -0.4 is 15.8 Å². The van der Waals surface area contributed by atoms with Crippen molar-refractivity contribution < 1.29 is 24.2 Å². The third kappa shape index (κ3) is 4.64. The van der Waals surface area contributed by atoms with Gasteiger partial charge in [0, 0.05) is 26.3 Å². The van der Waals surface area contributed by atoms with Crippen molar-refractivity contribution in [2.24, 2.45) is 5.73 Å². The first-order valence-corrected chi connectivity index (χ1v) is 8.48. The molecule has 0 spiro atoms. The first kappa shape index (κ1) is 20.0. The van der Waals surface area contributed by atoms with Crippen LogP contribution in [-0.4, -0.2) is 59.6 Å². The molecule has 0 radical (unpaired) electrons. The molecule has 0 aromatic heterocycles. The normalized spacial score (nSPS) is 20.5. The Bertz CT molecular complexity index is 712. The lowest BCUT2D eigenvalue weighted by Gasteiger charge is -2.24. The highest BCUT2D eigenvalue weighted by Gasteiger charge is 2.38.